The molecule has 1 saturated heterocycles. The Balaban J connectivity index is 1.47. The van der Waals surface area contributed by atoms with E-state index in [1.54, 1.807) is 0 Å². The summed E-state index contributed by atoms with van der Waals surface area (Å²) in [7, 11) is 0. The fourth-order valence-corrected chi connectivity index (χ4v) is 2.80. The molecule has 0 spiro atoms. The van der Waals surface area contributed by atoms with Gasteiger partial charge in [-0.3, -0.25) is 9.69 Å². The SMILES string of the molecule is O=C(Cc1c[nH]c2ccccc12)NCCN1CCNCC1. The Morgan fingerprint density at radius 2 is 2.05 bits per heavy atom. The molecule has 1 amide bonds. The van der Waals surface area contributed by atoms with Crippen LogP contribution in [0.5, 0.6) is 0 Å². The zero-order valence-corrected chi connectivity index (χ0v) is 12.2. The lowest BCUT2D eigenvalue weighted by Gasteiger charge is -2.27. The van der Waals surface area contributed by atoms with Crippen LogP contribution in [0.15, 0.2) is 30.5 Å². The van der Waals surface area contributed by atoms with E-state index in [0.717, 1.165) is 55.7 Å². The molecule has 0 saturated carbocycles. The minimum atomic E-state index is 0.0925. The molecule has 0 unspecified atom stereocenters. The van der Waals surface area contributed by atoms with Crippen molar-refractivity contribution >= 4 is 16.8 Å². The molecule has 3 rings (SSSR count). The van der Waals surface area contributed by atoms with E-state index in [0.29, 0.717) is 6.42 Å². The van der Waals surface area contributed by atoms with Crippen LogP contribution in [0.2, 0.25) is 0 Å². The first-order valence-electron chi connectivity index (χ1n) is 7.58. The molecule has 0 radical (unpaired) electrons. The summed E-state index contributed by atoms with van der Waals surface area (Å²) in [5, 5.41) is 7.48. The van der Waals surface area contributed by atoms with Gasteiger partial charge in [-0.2, -0.15) is 0 Å². The molecule has 5 heteroatoms. The second-order valence-electron chi connectivity index (χ2n) is 5.48. The van der Waals surface area contributed by atoms with Gasteiger partial charge in [0.05, 0.1) is 6.42 Å². The number of aromatic amines is 1. The topological polar surface area (TPSA) is 60.2 Å². The number of carbonyl (C=O) groups is 1. The van der Waals surface area contributed by atoms with E-state index in [1.165, 1.54) is 0 Å². The van der Waals surface area contributed by atoms with E-state index in [1.807, 2.05) is 24.4 Å². The van der Waals surface area contributed by atoms with Crippen molar-refractivity contribution in [2.45, 2.75) is 6.42 Å². The standard InChI is InChI=1S/C16H22N4O/c21-16(18-7-10-20-8-5-17-6-9-20)11-13-12-19-15-4-2-1-3-14(13)15/h1-4,12,17,19H,5-11H2,(H,18,21). The highest BCUT2D eigenvalue weighted by Gasteiger charge is 2.11. The Hall–Kier alpha value is -1.85. The lowest BCUT2D eigenvalue weighted by atomic mass is 10.1. The second kappa shape index (κ2) is 6.74. The van der Waals surface area contributed by atoms with E-state index in [2.05, 4.69) is 26.6 Å². The number of amides is 1. The average molecular weight is 286 g/mol. The molecule has 112 valence electrons. The quantitative estimate of drug-likeness (QED) is 0.759. The zero-order chi connectivity index (χ0) is 14.5. The molecular weight excluding hydrogens is 264 g/mol. The van der Waals surface area contributed by atoms with Gasteiger partial charge in [0.1, 0.15) is 0 Å². The van der Waals surface area contributed by atoms with Crippen LogP contribution in [0.4, 0.5) is 0 Å². The van der Waals surface area contributed by atoms with E-state index >= 15 is 0 Å². The summed E-state index contributed by atoms with van der Waals surface area (Å²) in [4.78, 5) is 17.6. The highest BCUT2D eigenvalue weighted by atomic mass is 16.1. The third-order valence-electron chi connectivity index (χ3n) is 3.99. The van der Waals surface area contributed by atoms with Gasteiger partial charge < -0.3 is 15.6 Å². The van der Waals surface area contributed by atoms with Gasteiger partial charge in [-0.05, 0) is 11.6 Å². The summed E-state index contributed by atoms with van der Waals surface area (Å²) in [6, 6.07) is 8.08. The van der Waals surface area contributed by atoms with Crippen LogP contribution in [0.3, 0.4) is 0 Å². The third-order valence-corrected chi connectivity index (χ3v) is 3.99. The number of hydrogen-bond acceptors (Lipinski definition) is 3. The van der Waals surface area contributed by atoms with Crippen molar-refractivity contribution in [3.63, 3.8) is 0 Å². The molecule has 2 aromatic rings. The molecule has 2 heterocycles. The number of nitrogens with zero attached hydrogens (tertiary/aromatic N) is 1. The highest BCUT2D eigenvalue weighted by molar-refractivity contribution is 5.88. The number of nitrogens with one attached hydrogen (secondary N) is 3. The van der Waals surface area contributed by atoms with Crippen molar-refractivity contribution in [1.82, 2.24) is 20.5 Å². The van der Waals surface area contributed by atoms with Crippen molar-refractivity contribution < 1.29 is 4.79 Å². The predicted molar refractivity (Wildman–Crippen MR) is 84.3 cm³/mol. The molecule has 0 aliphatic carbocycles. The third kappa shape index (κ3) is 3.62. The molecule has 1 aliphatic heterocycles. The van der Waals surface area contributed by atoms with Gasteiger partial charge in [-0.15, -0.1) is 0 Å². The number of hydrogen-bond donors (Lipinski definition) is 3. The Labute approximate surface area is 124 Å². The van der Waals surface area contributed by atoms with Gasteiger partial charge in [0.15, 0.2) is 0 Å². The van der Waals surface area contributed by atoms with Crippen molar-refractivity contribution in [2.24, 2.45) is 0 Å². The predicted octanol–water partition coefficient (Wildman–Crippen LogP) is 0.732. The van der Waals surface area contributed by atoms with E-state index in [9.17, 15) is 4.79 Å². The number of para-hydroxylation sites is 1. The minimum absolute atomic E-state index is 0.0925. The van der Waals surface area contributed by atoms with Gasteiger partial charge in [0, 0.05) is 56.4 Å². The number of fused-ring (bicyclic) bond motifs is 1. The molecule has 21 heavy (non-hydrogen) atoms. The lowest BCUT2D eigenvalue weighted by molar-refractivity contribution is -0.120. The fraction of sp³-hybridized carbons (Fsp3) is 0.438. The van der Waals surface area contributed by atoms with Crippen LogP contribution in [0.25, 0.3) is 10.9 Å². The van der Waals surface area contributed by atoms with Crippen LogP contribution < -0.4 is 10.6 Å². The van der Waals surface area contributed by atoms with Gasteiger partial charge in [-0.25, -0.2) is 0 Å². The summed E-state index contributed by atoms with van der Waals surface area (Å²) in [6.07, 6.45) is 2.37. The van der Waals surface area contributed by atoms with Gasteiger partial charge in [0.25, 0.3) is 0 Å². The zero-order valence-electron chi connectivity index (χ0n) is 12.2. The van der Waals surface area contributed by atoms with Crippen LogP contribution in [0, 0.1) is 0 Å². The first kappa shape index (κ1) is 14.1. The molecular formula is C16H22N4O. The number of H-pyrrole nitrogens is 1. The largest absolute Gasteiger partial charge is 0.361 e. The number of rotatable bonds is 5. The molecule has 5 nitrogen and oxygen atoms in total. The smallest absolute Gasteiger partial charge is 0.224 e. The number of piperazine rings is 1. The number of aromatic nitrogens is 1. The van der Waals surface area contributed by atoms with Crippen molar-refractivity contribution in [3.8, 4) is 0 Å². The van der Waals surface area contributed by atoms with Gasteiger partial charge in [-0.1, -0.05) is 18.2 Å². The Kier molecular flexibility index (Phi) is 4.52. The molecule has 0 bridgehead atoms. The normalized spacial score (nSPS) is 16.2. The van der Waals surface area contributed by atoms with Crippen LogP contribution in [0.1, 0.15) is 5.56 Å². The molecule has 0 atom stereocenters. The summed E-state index contributed by atoms with van der Waals surface area (Å²) < 4.78 is 0. The molecule has 1 fully saturated rings. The molecule has 1 aromatic heterocycles. The Morgan fingerprint density at radius 1 is 1.24 bits per heavy atom. The van der Waals surface area contributed by atoms with Crippen LogP contribution in [-0.4, -0.2) is 55.1 Å². The maximum atomic E-state index is 12.0. The summed E-state index contributed by atoms with van der Waals surface area (Å²) in [6.45, 7) is 5.88. The molecule has 1 aromatic carbocycles. The first-order valence-corrected chi connectivity index (χ1v) is 7.58. The molecule has 1 aliphatic rings. The summed E-state index contributed by atoms with van der Waals surface area (Å²) in [5.41, 5.74) is 2.14. The van der Waals surface area contributed by atoms with E-state index in [-0.39, 0.29) is 5.91 Å². The maximum Gasteiger partial charge on any atom is 0.224 e. The van der Waals surface area contributed by atoms with E-state index < -0.39 is 0 Å². The van der Waals surface area contributed by atoms with Crippen LogP contribution >= 0.6 is 0 Å². The number of benzene rings is 1. The summed E-state index contributed by atoms with van der Waals surface area (Å²) >= 11 is 0. The lowest BCUT2D eigenvalue weighted by Crippen LogP contribution is -2.46. The van der Waals surface area contributed by atoms with Crippen molar-refractivity contribution in [2.75, 3.05) is 39.3 Å². The Bertz CT molecular complexity index is 601. The maximum absolute atomic E-state index is 12.0. The van der Waals surface area contributed by atoms with Crippen molar-refractivity contribution in [3.05, 3.63) is 36.0 Å². The fourth-order valence-electron chi connectivity index (χ4n) is 2.80. The summed E-state index contributed by atoms with van der Waals surface area (Å²) in [5.74, 6) is 0.0925. The van der Waals surface area contributed by atoms with Gasteiger partial charge >= 0.3 is 0 Å². The molecule has 3 N–H and O–H groups in total. The highest BCUT2D eigenvalue weighted by Crippen LogP contribution is 2.17. The minimum Gasteiger partial charge on any atom is -0.361 e. The Morgan fingerprint density at radius 3 is 2.90 bits per heavy atom. The van der Waals surface area contributed by atoms with E-state index in [4.69, 9.17) is 0 Å². The second-order valence-corrected chi connectivity index (χ2v) is 5.48. The number of carbonyl (C=O) groups excluding carboxylic acids is 1. The average Bonchev–Trinajstić information content (AvgIpc) is 2.92. The first-order chi connectivity index (χ1) is 10.3. The van der Waals surface area contributed by atoms with Crippen LogP contribution in [-0.2, 0) is 11.2 Å². The van der Waals surface area contributed by atoms with Gasteiger partial charge in [0.2, 0.25) is 5.91 Å². The monoisotopic (exact) mass is 286 g/mol. The van der Waals surface area contributed by atoms with Crippen molar-refractivity contribution in [1.29, 1.82) is 0 Å².